The maximum absolute atomic E-state index is 12.7. The highest BCUT2D eigenvalue weighted by Gasteiger charge is 2.56. The van der Waals surface area contributed by atoms with Gasteiger partial charge >= 0.3 is 5.97 Å². The topological polar surface area (TPSA) is 83.6 Å². The van der Waals surface area contributed by atoms with Gasteiger partial charge in [0.2, 0.25) is 0 Å². The molecule has 1 N–H and O–H groups in total. The van der Waals surface area contributed by atoms with E-state index in [1.165, 1.54) is 0 Å². The molecule has 6 heteroatoms. The lowest BCUT2D eigenvalue weighted by atomic mass is 9.81. The summed E-state index contributed by atoms with van der Waals surface area (Å²) in [5.74, 6) is -0.466. The normalized spacial score (nSPS) is 25.7. The number of benzene rings is 1. The number of aliphatic carboxylic acids is 1. The molecule has 0 unspecified atom stereocenters. The number of fused-ring (bicyclic) bond motifs is 1. The molecule has 2 fully saturated rings. The van der Waals surface area contributed by atoms with Crippen LogP contribution in [0.3, 0.4) is 0 Å². The van der Waals surface area contributed by atoms with Gasteiger partial charge in [0, 0.05) is 24.7 Å². The molecule has 0 spiro atoms. The molecular formula is C18H18N2O4. The molecule has 2 atom stereocenters. The lowest BCUT2D eigenvalue weighted by Gasteiger charge is -2.22. The minimum atomic E-state index is -0.787. The van der Waals surface area contributed by atoms with Crippen molar-refractivity contribution < 1.29 is 19.2 Å². The molecule has 2 aromatic rings. The highest BCUT2D eigenvalue weighted by atomic mass is 16.5. The van der Waals surface area contributed by atoms with Gasteiger partial charge in [-0.2, -0.15) is 0 Å². The van der Waals surface area contributed by atoms with Crippen LogP contribution in [0.4, 0.5) is 0 Å². The van der Waals surface area contributed by atoms with Crippen molar-refractivity contribution in [3.8, 4) is 11.3 Å². The molecule has 0 bridgehead atoms. The zero-order valence-corrected chi connectivity index (χ0v) is 13.1. The molecule has 6 nitrogen and oxygen atoms in total. The van der Waals surface area contributed by atoms with E-state index in [4.69, 9.17) is 4.52 Å². The Morgan fingerprint density at radius 3 is 2.79 bits per heavy atom. The van der Waals surface area contributed by atoms with E-state index in [0.717, 1.165) is 18.4 Å². The molecule has 2 aliphatic rings. The number of rotatable bonds is 3. The molecule has 4 rings (SSSR count). The number of nitrogens with zero attached hydrogens (tertiary/aromatic N) is 2. The van der Waals surface area contributed by atoms with Crippen LogP contribution in [0.25, 0.3) is 11.3 Å². The average Bonchev–Trinajstić information content (AvgIpc) is 3.29. The Kier molecular flexibility index (Phi) is 3.40. The summed E-state index contributed by atoms with van der Waals surface area (Å²) in [4.78, 5) is 26.0. The standard InChI is InChI=1S/C18H18N2O4/c21-16(14-9-15(24-19-14)12-5-2-1-3-6-12)20-10-13-7-4-8-18(13,11-20)17(22)23/h1-3,5-6,9,13H,4,7-8,10-11H2,(H,22,23)/t13-,18+/m0/s1. The van der Waals surface area contributed by atoms with Crippen molar-refractivity contribution in [2.75, 3.05) is 13.1 Å². The van der Waals surface area contributed by atoms with E-state index in [2.05, 4.69) is 5.16 Å². The smallest absolute Gasteiger partial charge is 0.311 e. The highest BCUT2D eigenvalue weighted by molar-refractivity contribution is 5.94. The van der Waals surface area contributed by atoms with Crippen molar-refractivity contribution in [1.29, 1.82) is 0 Å². The molecule has 0 radical (unpaired) electrons. The van der Waals surface area contributed by atoms with Gasteiger partial charge in [-0.25, -0.2) is 0 Å². The van der Waals surface area contributed by atoms with Crippen molar-refractivity contribution >= 4 is 11.9 Å². The number of carbonyl (C=O) groups is 2. The van der Waals surface area contributed by atoms with Gasteiger partial charge in [-0.05, 0) is 18.8 Å². The van der Waals surface area contributed by atoms with Gasteiger partial charge < -0.3 is 14.5 Å². The summed E-state index contributed by atoms with van der Waals surface area (Å²) >= 11 is 0. The largest absolute Gasteiger partial charge is 0.481 e. The summed E-state index contributed by atoms with van der Waals surface area (Å²) in [5.41, 5.74) is 0.306. The Morgan fingerprint density at radius 2 is 2.08 bits per heavy atom. The molecule has 1 aromatic heterocycles. The first kappa shape index (κ1) is 14.9. The molecule has 1 aliphatic carbocycles. The van der Waals surface area contributed by atoms with Crippen molar-refractivity contribution in [2.45, 2.75) is 19.3 Å². The van der Waals surface area contributed by atoms with Crippen LogP contribution >= 0.6 is 0 Å². The first-order valence-corrected chi connectivity index (χ1v) is 8.15. The first-order valence-electron chi connectivity index (χ1n) is 8.15. The first-order chi connectivity index (χ1) is 11.6. The van der Waals surface area contributed by atoms with E-state index < -0.39 is 11.4 Å². The van der Waals surface area contributed by atoms with Gasteiger partial charge in [0.1, 0.15) is 0 Å². The number of hydrogen-bond acceptors (Lipinski definition) is 4. The number of carboxylic acid groups (broad SMARTS) is 1. The maximum atomic E-state index is 12.7. The van der Waals surface area contributed by atoms with E-state index in [1.807, 2.05) is 30.3 Å². The van der Waals surface area contributed by atoms with Gasteiger partial charge in [-0.1, -0.05) is 41.9 Å². The lowest BCUT2D eigenvalue weighted by Crippen LogP contribution is -2.37. The second-order valence-electron chi connectivity index (χ2n) is 6.68. The predicted molar refractivity (Wildman–Crippen MR) is 85.3 cm³/mol. The Balaban J connectivity index is 1.55. The molecule has 1 saturated carbocycles. The predicted octanol–water partition coefficient (Wildman–Crippen LogP) is 2.67. The summed E-state index contributed by atoms with van der Waals surface area (Å²) in [6, 6.07) is 11.1. The second kappa shape index (κ2) is 5.47. The minimum Gasteiger partial charge on any atom is -0.481 e. The Labute approximate surface area is 139 Å². The van der Waals surface area contributed by atoms with Gasteiger partial charge in [0.25, 0.3) is 5.91 Å². The number of aromatic nitrogens is 1. The Hall–Kier alpha value is -2.63. The van der Waals surface area contributed by atoms with Crippen LogP contribution in [-0.2, 0) is 4.79 Å². The average molecular weight is 326 g/mol. The fourth-order valence-corrected chi connectivity index (χ4v) is 4.07. The molecule has 1 saturated heterocycles. The number of amides is 1. The summed E-state index contributed by atoms with van der Waals surface area (Å²) in [7, 11) is 0. The summed E-state index contributed by atoms with van der Waals surface area (Å²) in [6.07, 6.45) is 2.43. The van der Waals surface area contributed by atoms with Crippen molar-refractivity contribution in [1.82, 2.24) is 10.1 Å². The molecule has 1 aliphatic heterocycles. The van der Waals surface area contributed by atoms with Crippen LogP contribution in [0.5, 0.6) is 0 Å². The van der Waals surface area contributed by atoms with E-state index in [-0.39, 0.29) is 24.1 Å². The fraction of sp³-hybridized carbons (Fsp3) is 0.389. The summed E-state index contributed by atoms with van der Waals surface area (Å²) < 4.78 is 5.28. The lowest BCUT2D eigenvalue weighted by molar-refractivity contribution is -0.149. The third kappa shape index (κ3) is 2.21. The molecule has 1 aromatic carbocycles. The van der Waals surface area contributed by atoms with Gasteiger partial charge in [-0.15, -0.1) is 0 Å². The number of likely N-dealkylation sites (tertiary alicyclic amines) is 1. The quantitative estimate of drug-likeness (QED) is 0.937. The van der Waals surface area contributed by atoms with Crippen LogP contribution in [0.2, 0.25) is 0 Å². The van der Waals surface area contributed by atoms with Gasteiger partial charge in [0.05, 0.1) is 5.41 Å². The minimum absolute atomic E-state index is 0.0412. The summed E-state index contributed by atoms with van der Waals surface area (Å²) in [6.45, 7) is 0.748. The monoisotopic (exact) mass is 326 g/mol. The zero-order chi connectivity index (χ0) is 16.7. The van der Waals surface area contributed by atoms with Crippen LogP contribution in [0, 0.1) is 11.3 Å². The third-order valence-electron chi connectivity index (χ3n) is 5.37. The van der Waals surface area contributed by atoms with E-state index in [1.54, 1.807) is 11.0 Å². The van der Waals surface area contributed by atoms with E-state index in [9.17, 15) is 14.7 Å². The van der Waals surface area contributed by atoms with Gasteiger partial charge in [-0.3, -0.25) is 9.59 Å². The molecule has 24 heavy (non-hydrogen) atoms. The van der Waals surface area contributed by atoms with Crippen molar-refractivity contribution in [2.24, 2.45) is 11.3 Å². The summed E-state index contributed by atoms with van der Waals surface area (Å²) in [5, 5.41) is 13.5. The Bertz CT molecular complexity index is 785. The third-order valence-corrected chi connectivity index (χ3v) is 5.37. The van der Waals surface area contributed by atoms with Crippen LogP contribution in [0.1, 0.15) is 29.8 Å². The van der Waals surface area contributed by atoms with Crippen LogP contribution in [0.15, 0.2) is 40.9 Å². The van der Waals surface area contributed by atoms with E-state index in [0.29, 0.717) is 18.7 Å². The Morgan fingerprint density at radius 1 is 1.29 bits per heavy atom. The maximum Gasteiger partial charge on any atom is 0.311 e. The molecule has 124 valence electrons. The number of carbonyl (C=O) groups excluding carboxylic acids is 1. The molecule has 1 amide bonds. The van der Waals surface area contributed by atoms with Crippen LogP contribution in [-0.4, -0.2) is 40.1 Å². The van der Waals surface area contributed by atoms with Gasteiger partial charge in [0.15, 0.2) is 11.5 Å². The second-order valence-corrected chi connectivity index (χ2v) is 6.68. The molecule has 2 heterocycles. The highest BCUT2D eigenvalue weighted by Crippen LogP contribution is 2.49. The number of carboxylic acids is 1. The molecular weight excluding hydrogens is 308 g/mol. The zero-order valence-electron chi connectivity index (χ0n) is 13.1. The van der Waals surface area contributed by atoms with Crippen molar-refractivity contribution in [3.05, 3.63) is 42.1 Å². The van der Waals surface area contributed by atoms with Crippen LogP contribution < -0.4 is 0 Å². The van der Waals surface area contributed by atoms with E-state index >= 15 is 0 Å². The number of hydrogen-bond donors (Lipinski definition) is 1. The SMILES string of the molecule is O=C(c1cc(-c2ccccc2)on1)N1C[C@@H]2CCC[C@@]2(C(=O)O)C1. The van der Waals surface area contributed by atoms with Crippen molar-refractivity contribution in [3.63, 3.8) is 0 Å². The fourth-order valence-electron chi connectivity index (χ4n) is 4.07.